The zero-order chi connectivity index (χ0) is 31.2. The molecule has 0 fully saturated rings. The Kier molecular flexibility index (Phi) is 9.38. The fourth-order valence-electron chi connectivity index (χ4n) is 5.55. The summed E-state index contributed by atoms with van der Waals surface area (Å²) in [6.07, 6.45) is 4.43. The summed E-state index contributed by atoms with van der Waals surface area (Å²) >= 11 is 0. The van der Waals surface area contributed by atoms with Crippen molar-refractivity contribution in [2.24, 2.45) is 0 Å². The molecule has 1 aliphatic heterocycles. The Morgan fingerprint density at radius 1 is 0.955 bits per heavy atom. The third kappa shape index (κ3) is 6.49. The number of nitrogen functional groups attached to an aromatic ring is 1. The molecule has 0 saturated carbocycles. The second kappa shape index (κ2) is 13.5. The lowest BCUT2D eigenvalue weighted by molar-refractivity contribution is 0.0500. The minimum Gasteiger partial charge on any atom is -0.481 e. The molecular weight excluding hydrogens is 552 g/mol. The number of rotatable bonds is 11. The van der Waals surface area contributed by atoms with Crippen molar-refractivity contribution >= 4 is 28.8 Å². The zero-order valence-corrected chi connectivity index (χ0v) is 25.8. The van der Waals surface area contributed by atoms with Crippen molar-refractivity contribution in [1.82, 2.24) is 10.6 Å². The molecule has 1 heterocycles. The van der Waals surface area contributed by atoms with E-state index in [0.717, 1.165) is 63.6 Å². The van der Waals surface area contributed by atoms with Gasteiger partial charge in [-0.2, -0.15) is 0 Å². The average Bonchev–Trinajstić information content (AvgIpc) is 3.01. The maximum atomic E-state index is 13.5. The second-order valence-corrected chi connectivity index (χ2v) is 10.9. The average molecular weight is 593 g/mol. The number of nitrogens with two attached hydrogens (primary N) is 1. The van der Waals surface area contributed by atoms with Crippen LogP contribution in [-0.2, 0) is 4.74 Å². The van der Waals surface area contributed by atoms with Crippen LogP contribution >= 0.6 is 0 Å². The highest BCUT2D eigenvalue weighted by Crippen LogP contribution is 2.45. The van der Waals surface area contributed by atoms with E-state index in [0.29, 0.717) is 29.8 Å². The second-order valence-electron chi connectivity index (χ2n) is 10.9. The summed E-state index contributed by atoms with van der Waals surface area (Å²) in [6, 6.07) is 18.5. The summed E-state index contributed by atoms with van der Waals surface area (Å²) in [6.45, 7) is 10.4. The molecule has 0 aromatic heterocycles. The molecule has 0 bridgehead atoms. The first kappa shape index (κ1) is 30.5. The molecule has 1 atom stereocenters. The smallest absolute Gasteiger partial charge is 0.338 e. The van der Waals surface area contributed by atoms with Gasteiger partial charge in [-0.15, -0.1) is 0 Å². The van der Waals surface area contributed by atoms with Crippen molar-refractivity contribution in [2.45, 2.75) is 40.2 Å². The first-order valence-electron chi connectivity index (χ1n) is 15.1. The summed E-state index contributed by atoms with van der Waals surface area (Å²) in [5, 5.41) is 9.73. The summed E-state index contributed by atoms with van der Waals surface area (Å²) in [4.78, 5) is 25.9. The molecule has 0 spiro atoms. The number of fused-ring (bicyclic) bond motifs is 2. The van der Waals surface area contributed by atoms with Gasteiger partial charge in [-0.3, -0.25) is 4.79 Å². The largest absolute Gasteiger partial charge is 0.481 e. The monoisotopic (exact) mass is 592 g/mol. The standard InChI is InChI=1S/C36H40N4O4/c1-5-38-30-20-32-28(18-22(30)3)34(29-19-23(4)31(39-6-2)21-33(29)44-32)26-10-7-8-11-27(26)36(42)43-17-9-16-40-35(41)24-12-14-25(37)15-13-24/h7-8,10-15,18-21,32,38-39H,5-6,9,16-17,37H2,1-4H3,(H,40,41). The number of likely N-dealkylation sites (N-methyl/N-ethyl adjacent to an activating group) is 1. The molecule has 8 nitrogen and oxygen atoms in total. The van der Waals surface area contributed by atoms with Crippen molar-refractivity contribution in [3.63, 3.8) is 0 Å². The van der Waals surface area contributed by atoms with Crippen molar-refractivity contribution < 1.29 is 19.1 Å². The predicted molar refractivity (Wildman–Crippen MR) is 176 cm³/mol. The molecule has 44 heavy (non-hydrogen) atoms. The van der Waals surface area contributed by atoms with E-state index in [1.54, 1.807) is 30.3 Å². The lowest BCUT2D eigenvalue weighted by atomic mass is 9.82. The molecule has 5 rings (SSSR count). The lowest BCUT2D eigenvalue weighted by Crippen LogP contribution is -2.29. The van der Waals surface area contributed by atoms with Crippen molar-refractivity contribution in [3.05, 3.63) is 117 Å². The third-order valence-electron chi connectivity index (χ3n) is 7.72. The fourth-order valence-corrected chi connectivity index (χ4v) is 5.55. The van der Waals surface area contributed by atoms with Crippen LogP contribution in [0.15, 0.2) is 89.7 Å². The first-order chi connectivity index (χ1) is 21.3. The number of ether oxygens (including phenoxy) is 2. The topological polar surface area (TPSA) is 115 Å². The minimum absolute atomic E-state index is 0.169. The molecule has 0 radical (unpaired) electrons. The highest BCUT2D eigenvalue weighted by molar-refractivity contribution is 6.01. The van der Waals surface area contributed by atoms with Gasteiger partial charge in [-0.25, -0.2) is 4.79 Å². The fraction of sp³-hybridized carbons (Fsp3) is 0.278. The van der Waals surface area contributed by atoms with Gasteiger partial charge in [-0.1, -0.05) is 18.2 Å². The predicted octanol–water partition coefficient (Wildman–Crippen LogP) is 6.00. The number of carbonyl (C=O) groups is 2. The van der Waals surface area contributed by atoms with Gasteiger partial charge >= 0.3 is 5.97 Å². The SMILES string of the molecule is CCNC1=CC2Oc3cc(NCC)c(C)cc3C(c3ccccc3C(=O)OCCCNC(=O)c3ccc(N)cc3)=C2C=C1C. The van der Waals surface area contributed by atoms with Gasteiger partial charge in [0.25, 0.3) is 5.91 Å². The first-order valence-corrected chi connectivity index (χ1v) is 15.1. The van der Waals surface area contributed by atoms with Gasteiger partial charge in [0, 0.05) is 65.0 Å². The van der Waals surface area contributed by atoms with Crippen LogP contribution in [0.5, 0.6) is 5.75 Å². The molecule has 1 aliphatic carbocycles. The summed E-state index contributed by atoms with van der Waals surface area (Å²) in [5.74, 6) is 0.150. The van der Waals surface area contributed by atoms with Gasteiger partial charge < -0.3 is 31.2 Å². The number of esters is 1. The molecule has 228 valence electrons. The van der Waals surface area contributed by atoms with Gasteiger partial charge in [0.05, 0.1) is 12.2 Å². The molecule has 5 N–H and O–H groups in total. The Bertz CT molecular complexity index is 1650. The number of amides is 1. The van der Waals surface area contributed by atoms with Crippen LogP contribution in [-0.4, -0.2) is 44.2 Å². The van der Waals surface area contributed by atoms with Crippen molar-refractivity contribution in [2.75, 3.05) is 37.3 Å². The maximum absolute atomic E-state index is 13.5. The van der Waals surface area contributed by atoms with E-state index < -0.39 is 5.97 Å². The van der Waals surface area contributed by atoms with Crippen LogP contribution in [0.1, 0.15) is 64.6 Å². The quantitative estimate of drug-likeness (QED) is 0.123. The van der Waals surface area contributed by atoms with E-state index in [9.17, 15) is 9.59 Å². The van der Waals surface area contributed by atoms with Gasteiger partial charge in [0.1, 0.15) is 11.9 Å². The van der Waals surface area contributed by atoms with E-state index in [1.165, 1.54) is 0 Å². The molecule has 3 aromatic rings. The van der Waals surface area contributed by atoms with Crippen LogP contribution in [0, 0.1) is 6.92 Å². The molecule has 2 aliphatic rings. The number of allylic oxidation sites excluding steroid dienone is 1. The Morgan fingerprint density at radius 2 is 1.70 bits per heavy atom. The van der Waals surface area contributed by atoms with Gasteiger partial charge in [0.2, 0.25) is 0 Å². The summed E-state index contributed by atoms with van der Waals surface area (Å²) < 4.78 is 12.3. The van der Waals surface area contributed by atoms with E-state index in [4.69, 9.17) is 15.2 Å². The van der Waals surface area contributed by atoms with E-state index >= 15 is 0 Å². The van der Waals surface area contributed by atoms with Crippen LogP contribution in [0.25, 0.3) is 5.57 Å². The number of nitrogens with one attached hydrogen (secondary N) is 3. The van der Waals surface area contributed by atoms with Crippen LogP contribution < -0.4 is 26.4 Å². The van der Waals surface area contributed by atoms with Gasteiger partial charge in [-0.05, 0) is 99.4 Å². The number of benzene rings is 3. The third-order valence-corrected chi connectivity index (χ3v) is 7.72. The highest BCUT2D eigenvalue weighted by atomic mass is 16.5. The molecule has 8 heteroatoms. The zero-order valence-electron chi connectivity index (χ0n) is 25.8. The summed E-state index contributed by atoms with van der Waals surface area (Å²) in [5.41, 5.74) is 15.2. The lowest BCUT2D eigenvalue weighted by Gasteiger charge is -2.33. The van der Waals surface area contributed by atoms with Crippen LogP contribution in [0.3, 0.4) is 0 Å². The number of aryl methyl sites for hydroxylation is 1. The Hall–Kier alpha value is -4.98. The Balaban J connectivity index is 1.41. The van der Waals surface area contributed by atoms with E-state index in [-0.39, 0.29) is 18.6 Å². The van der Waals surface area contributed by atoms with Gasteiger partial charge in [0.15, 0.2) is 0 Å². The molecule has 3 aromatic carbocycles. The van der Waals surface area contributed by atoms with E-state index in [1.807, 2.05) is 18.2 Å². The Morgan fingerprint density at radius 3 is 2.45 bits per heavy atom. The van der Waals surface area contributed by atoms with Crippen molar-refractivity contribution in [1.29, 1.82) is 0 Å². The summed E-state index contributed by atoms with van der Waals surface area (Å²) in [7, 11) is 0. The molecule has 1 amide bonds. The maximum Gasteiger partial charge on any atom is 0.338 e. The minimum atomic E-state index is -0.412. The van der Waals surface area contributed by atoms with Crippen LogP contribution in [0.2, 0.25) is 0 Å². The number of hydrogen-bond donors (Lipinski definition) is 4. The Labute approximate surface area is 259 Å². The van der Waals surface area contributed by atoms with Crippen LogP contribution in [0.4, 0.5) is 11.4 Å². The highest BCUT2D eigenvalue weighted by Gasteiger charge is 2.32. The molecule has 0 saturated heterocycles. The number of carbonyl (C=O) groups excluding carboxylic acids is 2. The molecular formula is C36H40N4O4. The van der Waals surface area contributed by atoms with E-state index in [2.05, 4.69) is 67.9 Å². The normalized spacial score (nSPS) is 15.2. The molecule has 1 unspecified atom stereocenters. The number of anilines is 2. The number of hydrogen-bond acceptors (Lipinski definition) is 7. The van der Waals surface area contributed by atoms with Crippen molar-refractivity contribution in [3.8, 4) is 5.75 Å².